The Morgan fingerprint density at radius 3 is 2.65 bits per heavy atom. The van der Waals surface area contributed by atoms with Crippen LogP contribution < -0.4 is 5.73 Å². The number of nitrogens with two attached hydrogens (primary N) is 1. The summed E-state index contributed by atoms with van der Waals surface area (Å²) in [4.78, 5) is 14.1. The second kappa shape index (κ2) is 6.81. The number of methoxy groups -OCH3 is 1. The van der Waals surface area contributed by atoms with Crippen molar-refractivity contribution in [3.05, 3.63) is 35.6 Å². The first-order valence-electron chi connectivity index (χ1n) is 6.88. The normalized spacial score (nSPS) is 15.9. The first-order valence-corrected chi connectivity index (χ1v) is 6.88. The van der Waals surface area contributed by atoms with Gasteiger partial charge in [-0.2, -0.15) is 0 Å². The van der Waals surface area contributed by atoms with Gasteiger partial charge in [0, 0.05) is 20.2 Å². The summed E-state index contributed by atoms with van der Waals surface area (Å²) >= 11 is 0. The molecule has 1 aliphatic rings. The summed E-state index contributed by atoms with van der Waals surface area (Å²) in [6, 6.07) is 5.57. The van der Waals surface area contributed by atoms with E-state index in [9.17, 15) is 9.18 Å². The highest BCUT2D eigenvalue weighted by Gasteiger charge is 2.29. The number of nitrogens with zero attached hydrogens (tertiary/aromatic N) is 1. The number of hydrogen-bond donors (Lipinski definition) is 1. The van der Waals surface area contributed by atoms with Crippen LogP contribution in [-0.2, 0) is 16.1 Å². The van der Waals surface area contributed by atoms with Crippen molar-refractivity contribution in [1.29, 1.82) is 0 Å². The van der Waals surface area contributed by atoms with Gasteiger partial charge in [0.05, 0.1) is 6.61 Å². The molecule has 1 atom stereocenters. The minimum absolute atomic E-state index is 0.108. The Morgan fingerprint density at radius 1 is 1.45 bits per heavy atom. The molecule has 1 unspecified atom stereocenters. The van der Waals surface area contributed by atoms with E-state index >= 15 is 0 Å². The van der Waals surface area contributed by atoms with Crippen molar-refractivity contribution >= 4 is 5.91 Å². The number of halogens is 1. The van der Waals surface area contributed by atoms with E-state index in [4.69, 9.17) is 10.5 Å². The summed E-state index contributed by atoms with van der Waals surface area (Å²) in [5.41, 5.74) is 6.73. The summed E-state index contributed by atoms with van der Waals surface area (Å²) in [7, 11) is 1.53. The van der Waals surface area contributed by atoms with E-state index in [0.29, 0.717) is 19.0 Å². The third-order valence-electron chi connectivity index (χ3n) is 3.44. The molecule has 0 aliphatic heterocycles. The van der Waals surface area contributed by atoms with Crippen LogP contribution in [0.4, 0.5) is 4.39 Å². The molecule has 0 aromatic heterocycles. The number of hydrogen-bond acceptors (Lipinski definition) is 3. The lowest BCUT2D eigenvalue weighted by molar-refractivity contribution is -0.134. The number of rotatable bonds is 7. The zero-order chi connectivity index (χ0) is 14.5. The highest BCUT2D eigenvalue weighted by atomic mass is 19.1. The van der Waals surface area contributed by atoms with Gasteiger partial charge >= 0.3 is 0 Å². The minimum atomic E-state index is -0.640. The number of carbonyl (C=O) groups excluding carboxylic acids is 1. The molecule has 1 saturated carbocycles. The van der Waals surface area contributed by atoms with Gasteiger partial charge in [-0.15, -0.1) is 0 Å². The molecule has 2 rings (SSSR count). The molecule has 0 radical (unpaired) electrons. The van der Waals surface area contributed by atoms with E-state index in [1.807, 2.05) is 0 Å². The fraction of sp³-hybridized carbons (Fsp3) is 0.533. The van der Waals surface area contributed by atoms with Gasteiger partial charge in [0.25, 0.3) is 0 Å². The van der Waals surface area contributed by atoms with Crippen LogP contribution >= 0.6 is 0 Å². The SMILES string of the molecule is COCC(N)C(=O)N(Cc1ccc(F)cc1)CC1CC1. The fourth-order valence-corrected chi connectivity index (χ4v) is 2.14. The predicted molar refractivity (Wildman–Crippen MR) is 74.4 cm³/mol. The minimum Gasteiger partial charge on any atom is -0.383 e. The molecule has 5 heteroatoms. The van der Waals surface area contributed by atoms with E-state index in [1.54, 1.807) is 17.0 Å². The van der Waals surface area contributed by atoms with Crippen LogP contribution in [0.5, 0.6) is 0 Å². The third kappa shape index (κ3) is 4.28. The second-order valence-corrected chi connectivity index (χ2v) is 5.35. The molecule has 1 amide bonds. The number of amides is 1. The van der Waals surface area contributed by atoms with Crippen molar-refractivity contribution in [2.24, 2.45) is 11.7 Å². The van der Waals surface area contributed by atoms with E-state index in [-0.39, 0.29) is 18.3 Å². The van der Waals surface area contributed by atoms with Crippen LogP contribution in [0.3, 0.4) is 0 Å². The van der Waals surface area contributed by atoms with E-state index in [1.165, 1.54) is 19.2 Å². The average molecular weight is 280 g/mol. The first-order chi connectivity index (χ1) is 9.60. The quantitative estimate of drug-likeness (QED) is 0.824. The maximum atomic E-state index is 12.9. The number of benzene rings is 1. The highest BCUT2D eigenvalue weighted by Crippen LogP contribution is 2.30. The zero-order valence-corrected chi connectivity index (χ0v) is 11.7. The van der Waals surface area contributed by atoms with Crippen molar-refractivity contribution in [1.82, 2.24) is 4.90 Å². The Morgan fingerprint density at radius 2 is 2.10 bits per heavy atom. The average Bonchev–Trinajstić information content (AvgIpc) is 3.24. The standard InChI is InChI=1S/C15H21FN2O2/c1-20-10-14(17)15(19)18(8-11-2-3-11)9-12-4-6-13(16)7-5-12/h4-7,11,14H,2-3,8-10,17H2,1H3. The summed E-state index contributed by atoms with van der Waals surface area (Å²) < 4.78 is 17.9. The Bertz CT molecular complexity index is 446. The molecule has 20 heavy (non-hydrogen) atoms. The molecule has 0 spiro atoms. The van der Waals surface area contributed by atoms with Gasteiger partial charge < -0.3 is 15.4 Å². The maximum absolute atomic E-state index is 12.9. The molecule has 2 N–H and O–H groups in total. The molecule has 110 valence electrons. The van der Waals surface area contributed by atoms with Gasteiger partial charge in [0.1, 0.15) is 11.9 Å². The largest absolute Gasteiger partial charge is 0.383 e. The molecule has 0 heterocycles. The van der Waals surface area contributed by atoms with Crippen LogP contribution in [0.2, 0.25) is 0 Å². The molecule has 1 aromatic carbocycles. The van der Waals surface area contributed by atoms with Crippen molar-refractivity contribution in [2.75, 3.05) is 20.3 Å². The Labute approximate surface area is 118 Å². The van der Waals surface area contributed by atoms with Crippen LogP contribution in [0.15, 0.2) is 24.3 Å². The Balaban J connectivity index is 2.02. The molecular formula is C15H21FN2O2. The topological polar surface area (TPSA) is 55.6 Å². The summed E-state index contributed by atoms with van der Waals surface area (Å²) in [6.45, 7) is 1.39. The van der Waals surface area contributed by atoms with Crippen molar-refractivity contribution < 1.29 is 13.9 Å². The lowest BCUT2D eigenvalue weighted by Gasteiger charge is -2.25. The molecule has 1 fully saturated rings. The molecule has 1 aliphatic carbocycles. The van der Waals surface area contributed by atoms with Gasteiger partial charge in [-0.05, 0) is 36.5 Å². The third-order valence-corrected chi connectivity index (χ3v) is 3.44. The highest BCUT2D eigenvalue weighted by molar-refractivity contribution is 5.81. The number of ether oxygens (including phenoxy) is 1. The van der Waals surface area contributed by atoms with Gasteiger partial charge in [0.2, 0.25) is 5.91 Å². The molecular weight excluding hydrogens is 259 g/mol. The monoisotopic (exact) mass is 280 g/mol. The molecule has 0 saturated heterocycles. The van der Waals surface area contributed by atoms with Crippen molar-refractivity contribution in [3.63, 3.8) is 0 Å². The Kier molecular flexibility index (Phi) is 5.09. The van der Waals surface area contributed by atoms with Gasteiger partial charge in [0.15, 0.2) is 0 Å². The van der Waals surface area contributed by atoms with Crippen LogP contribution in [0.25, 0.3) is 0 Å². The van der Waals surface area contributed by atoms with E-state index in [2.05, 4.69) is 0 Å². The fourth-order valence-electron chi connectivity index (χ4n) is 2.14. The molecule has 1 aromatic rings. The van der Waals surface area contributed by atoms with Crippen LogP contribution in [-0.4, -0.2) is 37.1 Å². The Hall–Kier alpha value is -1.46. The van der Waals surface area contributed by atoms with Crippen LogP contribution in [0, 0.1) is 11.7 Å². The molecule has 4 nitrogen and oxygen atoms in total. The summed E-state index contributed by atoms with van der Waals surface area (Å²) in [5.74, 6) is 0.196. The first kappa shape index (κ1) is 14.9. The molecule has 0 bridgehead atoms. The van der Waals surface area contributed by atoms with Crippen molar-refractivity contribution in [2.45, 2.75) is 25.4 Å². The van der Waals surface area contributed by atoms with E-state index in [0.717, 1.165) is 18.4 Å². The van der Waals surface area contributed by atoms with Crippen molar-refractivity contribution in [3.8, 4) is 0 Å². The van der Waals surface area contributed by atoms with Gasteiger partial charge in [-0.25, -0.2) is 4.39 Å². The van der Waals surface area contributed by atoms with Gasteiger partial charge in [-0.1, -0.05) is 12.1 Å². The van der Waals surface area contributed by atoms with Gasteiger partial charge in [-0.3, -0.25) is 4.79 Å². The zero-order valence-electron chi connectivity index (χ0n) is 11.7. The lowest BCUT2D eigenvalue weighted by Crippen LogP contribution is -2.46. The second-order valence-electron chi connectivity index (χ2n) is 5.35. The summed E-state index contributed by atoms with van der Waals surface area (Å²) in [6.07, 6.45) is 2.32. The van der Waals surface area contributed by atoms with E-state index < -0.39 is 6.04 Å². The van der Waals surface area contributed by atoms with Crippen LogP contribution in [0.1, 0.15) is 18.4 Å². The maximum Gasteiger partial charge on any atom is 0.242 e. The predicted octanol–water partition coefficient (Wildman–Crippen LogP) is 1.54. The smallest absolute Gasteiger partial charge is 0.242 e. The summed E-state index contributed by atoms with van der Waals surface area (Å²) in [5, 5.41) is 0. The number of carbonyl (C=O) groups is 1. The lowest BCUT2D eigenvalue weighted by atomic mass is 10.1.